The quantitative estimate of drug-likeness (QED) is 0.795. The highest BCUT2D eigenvalue weighted by Gasteiger charge is 2.14. The molecule has 1 aromatic carbocycles. The fourth-order valence-electron chi connectivity index (χ4n) is 1.23. The van der Waals surface area contributed by atoms with Crippen molar-refractivity contribution in [2.24, 2.45) is 0 Å². The summed E-state index contributed by atoms with van der Waals surface area (Å²) >= 11 is 3.26. The molecule has 0 saturated carbocycles. The first kappa shape index (κ1) is 9.72. The van der Waals surface area contributed by atoms with Crippen molar-refractivity contribution in [1.29, 1.82) is 0 Å². The summed E-state index contributed by atoms with van der Waals surface area (Å²) in [6.07, 6.45) is 0. The van der Waals surface area contributed by atoms with Crippen LogP contribution in [0.1, 0.15) is 10.4 Å². The number of hydrogen-bond acceptors (Lipinski definition) is 3. The van der Waals surface area contributed by atoms with Gasteiger partial charge < -0.3 is 10.2 Å². The van der Waals surface area contributed by atoms with Crippen LogP contribution in [0.15, 0.2) is 17.5 Å². The van der Waals surface area contributed by atoms with E-state index in [-0.39, 0.29) is 11.3 Å². The molecule has 0 amide bonds. The Kier molecular flexibility index (Phi) is 2.36. The van der Waals surface area contributed by atoms with Gasteiger partial charge in [0.1, 0.15) is 5.75 Å². The number of carboxylic acids is 1. The second kappa shape index (κ2) is 3.39. The molecule has 72 valence electrons. The lowest BCUT2D eigenvalue weighted by Gasteiger charge is -1.98. The van der Waals surface area contributed by atoms with Crippen molar-refractivity contribution < 1.29 is 15.0 Å². The molecule has 2 rings (SSSR count). The zero-order valence-corrected chi connectivity index (χ0v) is 9.79. The molecular weight excluding hydrogens is 315 g/mol. The van der Waals surface area contributed by atoms with E-state index in [1.165, 1.54) is 11.3 Å². The van der Waals surface area contributed by atoms with Gasteiger partial charge in [-0.1, -0.05) is 6.07 Å². The van der Waals surface area contributed by atoms with Crippen molar-refractivity contribution in [3.63, 3.8) is 0 Å². The summed E-state index contributed by atoms with van der Waals surface area (Å²) in [5, 5.41) is 20.7. The Morgan fingerprint density at radius 2 is 2.14 bits per heavy atom. The third kappa shape index (κ3) is 1.36. The van der Waals surface area contributed by atoms with Gasteiger partial charge in [-0.2, -0.15) is 0 Å². The molecule has 0 saturated heterocycles. The standard InChI is InChI=1S/C9H5IO3S/c10-6-2-1-4-5(9(12)13)3-14-8(4)7(6)11/h1-3,11H,(H,12,13). The summed E-state index contributed by atoms with van der Waals surface area (Å²) in [6.45, 7) is 0. The number of thiophene rings is 1. The third-order valence-corrected chi connectivity index (χ3v) is 3.77. The van der Waals surface area contributed by atoms with Crippen molar-refractivity contribution in [3.05, 3.63) is 26.6 Å². The average Bonchev–Trinajstić information content (AvgIpc) is 2.55. The number of carboxylic acid groups (broad SMARTS) is 1. The predicted octanol–water partition coefficient (Wildman–Crippen LogP) is 2.91. The topological polar surface area (TPSA) is 57.5 Å². The highest BCUT2D eigenvalue weighted by Crippen LogP contribution is 2.36. The van der Waals surface area contributed by atoms with Gasteiger partial charge in [-0.3, -0.25) is 0 Å². The van der Waals surface area contributed by atoms with Gasteiger partial charge in [0, 0.05) is 10.8 Å². The number of hydrogen-bond donors (Lipinski definition) is 2. The molecule has 2 aromatic rings. The molecule has 3 nitrogen and oxygen atoms in total. The van der Waals surface area contributed by atoms with Crippen LogP contribution < -0.4 is 0 Å². The van der Waals surface area contributed by atoms with Gasteiger partial charge in [-0.05, 0) is 28.7 Å². The molecule has 0 spiro atoms. The van der Waals surface area contributed by atoms with E-state index >= 15 is 0 Å². The third-order valence-electron chi connectivity index (χ3n) is 1.90. The minimum absolute atomic E-state index is 0.167. The molecule has 14 heavy (non-hydrogen) atoms. The molecule has 0 aliphatic carbocycles. The summed E-state index contributed by atoms with van der Waals surface area (Å²) in [7, 11) is 0. The normalized spacial score (nSPS) is 10.6. The van der Waals surface area contributed by atoms with Crippen molar-refractivity contribution in [1.82, 2.24) is 0 Å². The Balaban J connectivity index is 2.83. The van der Waals surface area contributed by atoms with E-state index in [4.69, 9.17) is 5.11 Å². The van der Waals surface area contributed by atoms with E-state index in [1.54, 1.807) is 17.5 Å². The number of aromatic hydroxyl groups is 1. The number of rotatable bonds is 1. The van der Waals surface area contributed by atoms with E-state index < -0.39 is 5.97 Å². The molecule has 0 unspecified atom stereocenters. The van der Waals surface area contributed by atoms with Gasteiger partial charge in [0.15, 0.2) is 0 Å². The van der Waals surface area contributed by atoms with E-state index in [0.29, 0.717) is 10.1 Å². The SMILES string of the molecule is O=C(O)c1csc2c(O)c(I)ccc12. The maximum Gasteiger partial charge on any atom is 0.337 e. The van der Waals surface area contributed by atoms with Crippen molar-refractivity contribution in [2.75, 3.05) is 0 Å². The summed E-state index contributed by atoms with van der Waals surface area (Å²) < 4.78 is 1.36. The van der Waals surface area contributed by atoms with E-state index in [0.717, 1.165) is 3.57 Å². The number of halogens is 1. The minimum atomic E-state index is -0.961. The van der Waals surface area contributed by atoms with Crippen LogP contribution in [0, 0.1) is 3.57 Å². The molecule has 0 bridgehead atoms. The summed E-state index contributed by atoms with van der Waals surface area (Å²) in [4.78, 5) is 10.8. The first-order chi connectivity index (χ1) is 6.61. The Labute approximate surface area is 97.1 Å². The van der Waals surface area contributed by atoms with Crippen molar-refractivity contribution in [2.45, 2.75) is 0 Å². The second-order valence-corrected chi connectivity index (χ2v) is 4.77. The fraction of sp³-hybridized carbons (Fsp3) is 0. The predicted molar refractivity (Wildman–Crippen MR) is 63.2 cm³/mol. The molecular formula is C9H5IO3S. The lowest BCUT2D eigenvalue weighted by molar-refractivity contribution is 0.0699. The van der Waals surface area contributed by atoms with E-state index in [2.05, 4.69) is 0 Å². The lowest BCUT2D eigenvalue weighted by atomic mass is 10.2. The van der Waals surface area contributed by atoms with Crippen LogP contribution in [0.3, 0.4) is 0 Å². The van der Waals surface area contributed by atoms with Crippen LogP contribution in [0.25, 0.3) is 10.1 Å². The highest BCUT2D eigenvalue weighted by atomic mass is 127. The molecule has 0 radical (unpaired) electrons. The zero-order valence-electron chi connectivity index (χ0n) is 6.82. The van der Waals surface area contributed by atoms with Gasteiger partial charge in [0.05, 0.1) is 13.8 Å². The molecule has 0 atom stereocenters. The number of benzene rings is 1. The Morgan fingerprint density at radius 1 is 1.43 bits per heavy atom. The van der Waals surface area contributed by atoms with E-state index in [9.17, 15) is 9.90 Å². The Morgan fingerprint density at radius 3 is 2.79 bits per heavy atom. The number of phenols is 1. The molecule has 0 fully saturated rings. The average molecular weight is 320 g/mol. The second-order valence-electron chi connectivity index (χ2n) is 2.73. The molecule has 1 heterocycles. The number of carbonyl (C=O) groups is 1. The summed E-state index contributed by atoms with van der Waals surface area (Å²) in [5.41, 5.74) is 0.247. The first-order valence-corrected chi connectivity index (χ1v) is 5.69. The van der Waals surface area contributed by atoms with Gasteiger partial charge in [-0.15, -0.1) is 11.3 Å². The van der Waals surface area contributed by atoms with Crippen LogP contribution in [-0.2, 0) is 0 Å². The van der Waals surface area contributed by atoms with Crippen LogP contribution in [-0.4, -0.2) is 16.2 Å². The lowest BCUT2D eigenvalue weighted by Crippen LogP contribution is -1.93. The molecule has 0 aliphatic heterocycles. The molecule has 1 aromatic heterocycles. The number of aromatic carboxylic acids is 1. The van der Waals surface area contributed by atoms with Gasteiger partial charge in [-0.25, -0.2) is 4.79 Å². The van der Waals surface area contributed by atoms with Crippen LogP contribution >= 0.6 is 33.9 Å². The maximum atomic E-state index is 10.8. The van der Waals surface area contributed by atoms with Crippen molar-refractivity contribution in [3.8, 4) is 5.75 Å². The Bertz CT molecular complexity index is 518. The number of phenolic OH excluding ortho intramolecular Hbond substituents is 1. The summed E-state index contributed by atoms with van der Waals surface area (Å²) in [6, 6.07) is 3.42. The molecule has 2 N–H and O–H groups in total. The first-order valence-electron chi connectivity index (χ1n) is 3.73. The van der Waals surface area contributed by atoms with Gasteiger partial charge in [0.2, 0.25) is 0 Å². The van der Waals surface area contributed by atoms with Crippen LogP contribution in [0.5, 0.6) is 5.75 Å². The smallest absolute Gasteiger partial charge is 0.337 e. The fourth-order valence-corrected chi connectivity index (χ4v) is 2.85. The molecule has 5 heteroatoms. The van der Waals surface area contributed by atoms with Crippen LogP contribution in [0.4, 0.5) is 0 Å². The minimum Gasteiger partial charge on any atom is -0.505 e. The number of fused-ring (bicyclic) bond motifs is 1. The summed E-state index contributed by atoms with van der Waals surface area (Å²) in [5.74, 6) is -0.794. The largest absolute Gasteiger partial charge is 0.505 e. The van der Waals surface area contributed by atoms with Gasteiger partial charge >= 0.3 is 5.97 Å². The van der Waals surface area contributed by atoms with Crippen LogP contribution in [0.2, 0.25) is 0 Å². The Hall–Kier alpha value is -0.820. The zero-order chi connectivity index (χ0) is 10.3. The van der Waals surface area contributed by atoms with E-state index in [1.807, 2.05) is 22.6 Å². The molecule has 0 aliphatic rings. The van der Waals surface area contributed by atoms with Gasteiger partial charge in [0.25, 0.3) is 0 Å². The van der Waals surface area contributed by atoms with Crippen molar-refractivity contribution >= 4 is 50.0 Å². The highest BCUT2D eigenvalue weighted by molar-refractivity contribution is 14.1. The monoisotopic (exact) mass is 320 g/mol. The maximum absolute atomic E-state index is 10.8.